The predicted octanol–water partition coefficient (Wildman–Crippen LogP) is 6.66. The van der Waals surface area contributed by atoms with Crippen LogP contribution in [-0.2, 0) is 49.5 Å². The molecule has 4 aliphatic heterocycles. The van der Waals surface area contributed by atoms with Crippen molar-refractivity contribution >= 4 is 64.8 Å². The Morgan fingerprint density at radius 1 is 0.689 bits per heavy atom. The van der Waals surface area contributed by atoms with Gasteiger partial charge in [-0.2, -0.15) is 0 Å². The molecule has 0 saturated carbocycles. The maximum Gasteiger partial charge on any atom is 0.416 e. The number of benzene rings is 3. The number of aliphatic hydroxyl groups excluding tert-OH is 1. The van der Waals surface area contributed by atoms with Gasteiger partial charge in [0.15, 0.2) is 29.2 Å². The quantitative estimate of drug-likeness (QED) is 0.0391. The molecule has 0 fully saturated rings. The number of nitrogens with zero attached hydrogens (tertiary/aromatic N) is 4. The lowest BCUT2D eigenvalue weighted by molar-refractivity contribution is -0.132. The number of allylic oxidation sites excluding steroid dienone is 4. The van der Waals surface area contributed by atoms with Crippen LogP contribution in [0.25, 0.3) is 0 Å². The van der Waals surface area contributed by atoms with E-state index >= 15 is 0 Å². The van der Waals surface area contributed by atoms with Gasteiger partial charge in [0.25, 0.3) is 11.8 Å². The van der Waals surface area contributed by atoms with Crippen molar-refractivity contribution in [1.82, 2.24) is 25.8 Å². The van der Waals surface area contributed by atoms with E-state index < -0.39 is 54.1 Å². The normalized spacial score (nSPS) is 17.4. The zero-order chi connectivity index (χ0) is 64.7. The fourth-order valence-corrected chi connectivity index (χ4v) is 10.1. The summed E-state index contributed by atoms with van der Waals surface area (Å²) >= 11 is 0. The molecule has 0 radical (unpaired) electrons. The fourth-order valence-electron chi connectivity index (χ4n) is 10.1. The van der Waals surface area contributed by atoms with Crippen LogP contribution in [0.2, 0.25) is 0 Å². The standard InChI is InChI=1S/C65H84N8O17/c1-9-13-44-31-47-37-67-50-35-55(53(82-7)33-48(50)62(78)71(47)38-44)88-21-12-22-89-56-36-51-49(34-54(56)83-8)63(79)72-39-45(14-10-2)32-52(72)64(80)73(51)65(81)90-40-43-15-17-46(18-16-43)69-60(76)42(6)68-61(77)59(41(4)5)70-58(75)19-23-84-25-27-86-29-30-87-28-26-85-24-20-66-57(74)11-3/h9-10,13-18,33-39,41-42,47,52,59,64,80H,11-12,19-32,40H2,1-8H3,(H,66,74)(H,68,77)(H,69,76)(H,70,75). The number of aliphatic imine (C=N–C) groups is 1. The van der Waals surface area contributed by atoms with Crippen molar-refractivity contribution in [1.29, 1.82) is 0 Å². The highest BCUT2D eigenvalue weighted by Gasteiger charge is 2.45. The maximum atomic E-state index is 14.4. The van der Waals surface area contributed by atoms with Gasteiger partial charge in [-0.25, -0.2) is 9.69 Å². The van der Waals surface area contributed by atoms with Crippen molar-refractivity contribution in [2.75, 3.05) is 97.0 Å². The minimum Gasteiger partial charge on any atom is -0.493 e. The molecule has 4 heterocycles. The van der Waals surface area contributed by atoms with Gasteiger partial charge in [-0.05, 0) is 80.5 Å². The van der Waals surface area contributed by atoms with Gasteiger partial charge in [0.1, 0.15) is 18.7 Å². The maximum absolute atomic E-state index is 14.4. The summed E-state index contributed by atoms with van der Waals surface area (Å²) in [5.74, 6) is -1.40. The molecule has 3 aromatic rings. The van der Waals surface area contributed by atoms with Crippen molar-refractivity contribution in [2.45, 2.75) is 111 Å². The number of amides is 7. The number of fused-ring (bicyclic) bond motifs is 4. The Morgan fingerprint density at radius 2 is 1.28 bits per heavy atom. The van der Waals surface area contributed by atoms with Crippen molar-refractivity contribution in [3.05, 3.63) is 113 Å². The number of aliphatic hydroxyl groups is 1. The van der Waals surface area contributed by atoms with Crippen LogP contribution in [0, 0.1) is 5.92 Å². The van der Waals surface area contributed by atoms with Crippen LogP contribution in [0.1, 0.15) is 99.9 Å². The lowest BCUT2D eigenvalue weighted by Crippen LogP contribution is -2.53. The van der Waals surface area contributed by atoms with E-state index in [-0.39, 0.29) is 92.4 Å². The first-order valence-electron chi connectivity index (χ1n) is 30.3. The summed E-state index contributed by atoms with van der Waals surface area (Å²) in [5, 5.41) is 23.0. The molecule has 0 spiro atoms. The molecule has 486 valence electrons. The third-order valence-electron chi connectivity index (χ3n) is 14.8. The van der Waals surface area contributed by atoms with Gasteiger partial charge >= 0.3 is 6.09 Å². The van der Waals surface area contributed by atoms with Gasteiger partial charge in [-0.15, -0.1) is 0 Å². The van der Waals surface area contributed by atoms with E-state index in [0.29, 0.717) is 99.4 Å². The van der Waals surface area contributed by atoms with Gasteiger partial charge < -0.3 is 78.8 Å². The summed E-state index contributed by atoms with van der Waals surface area (Å²) < 4.78 is 51.4. The second-order valence-electron chi connectivity index (χ2n) is 21.7. The molecule has 25 nitrogen and oxygen atoms in total. The number of anilines is 2. The predicted molar refractivity (Wildman–Crippen MR) is 334 cm³/mol. The van der Waals surface area contributed by atoms with Crippen LogP contribution >= 0.6 is 0 Å². The minimum atomic E-state index is -1.57. The number of methoxy groups -OCH3 is 2. The molecule has 0 saturated heterocycles. The van der Waals surface area contributed by atoms with Crippen molar-refractivity contribution in [2.24, 2.45) is 10.9 Å². The number of ether oxygens (including phenoxy) is 9. The van der Waals surface area contributed by atoms with Gasteiger partial charge in [-0.1, -0.05) is 57.2 Å². The van der Waals surface area contributed by atoms with Crippen molar-refractivity contribution < 1.29 is 81.3 Å². The first kappa shape index (κ1) is 68.9. The largest absolute Gasteiger partial charge is 0.493 e. The molecule has 5 N–H and O–H groups in total. The van der Waals surface area contributed by atoms with Crippen LogP contribution in [0.3, 0.4) is 0 Å². The molecule has 90 heavy (non-hydrogen) atoms. The van der Waals surface area contributed by atoms with Crippen molar-refractivity contribution in [3.8, 4) is 23.0 Å². The molecule has 0 aliphatic carbocycles. The zero-order valence-corrected chi connectivity index (χ0v) is 52.4. The van der Waals surface area contributed by atoms with Crippen LogP contribution in [0.4, 0.5) is 21.9 Å². The van der Waals surface area contributed by atoms with Crippen molar-refractivity contribution in [3.63, 3.8) is 0 Å². The SMILES string of the molecule is CC=CC1=CN2C(=O)c3cc(OC)c(OCCCOc4cc5c(cc4OC)C(=O)N4C=C(C=CC)CC4C(O)N5C(=O)OCc4ccc(NC(=O)C(C)NC(=O)C(NC(=O)CCOCCOCCOCCOCCNC(=O)CC)C(C)C)cc4)cc3N=CC2C1. The zero-order valence-electron chi connectivity index (χ0n) is 52.4. The highest BCUT2D eigenvalue weighted by atomic mass is 16.6. The van der Waals surface area contributed by atoms with E-state index in [1.54, 1.807) is 74.5 Å². The summed E-state index contributed by atoms with van der Waals surface area (Å²) in [6.45, 7) is 13.6. The van der Waals surface area contributed by atoms with E-state index in [1.807, 2.05) is 44.4 Å². The average Bonchev–Trinajstić information content (AvgIpc) is 1.62. The smallest absolute Gasteiger partial charge is 0.416 e. The van der Waals surface area contributed by atoms with E-state index in [9.17, 15) is 38.7 Å². The number of hydrogen-bond acceptors (Lipinski definition) is 18. The molecular formula is C65H84N8O17. The molecule has 5 atom stereocenters. The molecule has 0 aromatic heterocycles. The lowest BCUT2D eigenvalue weighted by atomic mass is 10.0. The summed E-state index contributed by atoms with van der Waals surface area (Å²) in [6.07, 6.45) is 11.9. The molecular weight excluding hydrogens is 1160 g/mol. The van der Waals surface area contributed by atoms with Crippen LogP contribution in [-0.4, -0.2) is 180 Å². The third kappa shape index (κ3) is 18.7. The van der Waals surface area contributed by atoms with Crippen LogP contribution < -0.4 is 45.1 Å². The number of rotatable bonds is 34. The number of hydrogen-bond donors (Lipinski definition) is 5. The average molecular weight is 1250 g/mol. The van der Waals surface area contributed by atoms with Crippen LogP contribution in [0.15, 0.2) is 101 Å². The Balaban J connectivity index is 0.888. The first-order valence-corrected chi connectivity index (χ1v) is 30.3. The third-order valence-corrected chi connectivity index (χ3v) is 14.8. The highest BCUT2D eigenvalue weighted by Crippen LogP contribution is 2.43. The number of nitrogens with one attached hydrogen (secondary N) is 4. The Morgan fingerprint density at radius 3 is 1.90 bits per heavy atom. The second kappa shape index (κ2) is 34.4. The molecule has 3 aromatic carbocycles. The summed E-state index contributed by atoms with van der Waals surface area (Å²) in [5.41, 5.74) is 3.59. The highest BCUT2D eigenvalue weighted by molar-refractivity contribution is 6.07. The Labute approximate surface area is 524 Å². The van der Waals surface area contributed by atoms with E-state index in [2.05, 4.69) is 26.3 Å². The number of carbonyl (C=O) groups excluding carboxylic acids is 7. The van der Waals surface area contributed by atoms with Gasteiger partial charge in [0.2, 0.25) is 23.6 Å². The second-order valence-corrected chi connectivity index (χ2v) is 21.7. The van der Waals surface area contributed by atoms with Gasteiger partial charge in [0.05, 0.1) is 115 Å². The lowest BCUT2D eigenvalue weighted by Gasteiger charge is -2.31. The number of carbonyl (C=O) groups is 7. The van der Waals surface area contributed by atoms with Gasteiger partial charge in [0, 0.05) is 62.2 Å². The molecule has 25 heteroatoms. The molecule has 4 aliphatic rings. The fraction of sp³-hybridized carbons (Fsp3) is 0.477. The molecule has 7 rings (SSSR count). The van der Waals surface area contributed by atoms with Crippen LogP contribution in [0.5, 0.6) is 23.0 Å². The van der Waals surface area contributed by atoms with E-state index in [4.69, 9.17) is 42.6 Å². The molecule has 7 amide bonds. The summed E-state index contributed by atoms with van der Waals surface area (Å²) in [7, 11) is 2.91. The Hall–Kier alpha value is -8.62. The summed E-state index contributed by atoms with van der Waals surface area (Å²) in [6, 6.07) is 9.66. The topological polar surface area (TPSA) is 293 Å². The summed E-state index contributed by atoms with van der Waals surface area (Å²) in [4.78, 5) is 102. The molecule has 5 unspecified atom stereocenters. The Kier molecular flexibility index (Phi) is 26.3. The minimum absolute atomic E-state index is 0.00228. The molecule has 0 bridgehead atoms. The first-order chi connectivity index (χ1) is 43.5. The monoisotopic (exact) mass is 1250 g/mol. The van der Waals surface area contributed by atoms with Gasteiger partial charge in [-0.3, -0.25) is 33.8 Å². The van der Waals surface area contributed by atoms with E-state index in [1.165, 1.54) is 38.2 Å². The Bertz CT molecular complexity index is 3160. The van der Waals surface area contributed by atoms with E-state index in [0.717, 1.165) is 16.0 Å².